The van der Waals surface area contributed by atoms with Crippen molar-refractivity contribution in [2.75, 3.05) is 25.7 Å². The Morgan fingerprint density at radius 1 is 1.00 bits per heavy atom. The van der Waals surface area contributed by atoms with Crippen LogP contribution >= 0.6 is 0 Å². The summed E-state index contributed by atoms with van der Waals surface area (Å²) in [6.07, 6.45) is 0.604. The van der Waals surface area contributed by atoms with Gasteiger partial charge in [-0.3, -0.25) is 0 Å². The minimum Gasteiger partial charge on any atom is -0.493 e. The summed E-state index contributed by atoms with van der Waals surface area (Å²) >= 11 is 0. The van der Waals surface area contributed by atoms with Gasteiger partial charge in [-0.2, -0.15) is 4.98 Å². The smallest absolute Gasteiger partial charge is 0.222 e. The number of anilines is 2. The van der Waals surface area contributed by atoms with Crippen molar-refractivity contribution in [3.63, 3.8) is 0 Å². The number of methoxy groups -OCH3 is 2. The Bertz CT molecular complexity index is 795. The van der Waals surface area contributed by atoms with Crippen LogP contribution in [0.25, 0.3) is 0 Å². The van der Waals surface area contributed by atoms with E-state index >= 15 is 0 Å². The fraction of sp³-hybridized carbons (Fsp3) is 0.500. The van der Waals surface area contributed by atoms with E-state index in [2.05, 4.69) is 44.6 Å². The molecule has 0 spiro atoms. The average molecular weight is 358 g/mol. The van der Waals surface area contributed by atoms with Crippen LogP contribution in [0.4, 0.5) is 11.8 Å². The molecule has 0 aliphatic carbocycles. The SMILES string of the molecule is COc1cc(Cc2c(N)nc(N)nc2C(C)(C)C)c(C(C)C)cc1OC. The molecule has 6 heteroatoms. The molecule has 0 saturated heterocycles. The molecular weight excluding hydrogens is 328 g/mol. The topological polar surface area (TPSA) is 96.3 Å². The van der Waals surface area contributed by atoms with Crippen LogP contribution in [0.1, 0.15) is 62.9 Å². The van der Waals surface area contributed by atoms with Crippen LogP contribution in [0.15, 0.2) is 12.1 Å². The normalized spacial score (nSPS) is 11.7. The predicted molar refractivity (Wildman–Crippen MR) is 106 cm³/mol. The van der Waals surface area contributed by atoms with Crippen LogP contribution in [-0.4, -0.2) is 24.2 Å². The first kappa shape index (κ1) is 19.8. The van der Waals surface area contributed by atoms with Gasteiger partial charge in [-0.15, -0.1) is 0 Å². The molecule has 0 aliphatic heterocycles. The Kier molecular flexibility index (Phi) is 5.64. The number of nitrogen functional groups attached to an aromatic ring is 2. The first-order valence-corrected chi connectivity index (χ1v) is 8.75. The van der Waals surface area contributed by atoms with Crippen molar-refractivity contribution < 1.29 is 9.47 Å². The highest BCUT2D eigenvalue weighted by molar-refractivity contribution is 5.54. The van der Waals surface area contributed by atoms with Gasteiger partial charge in [-0.05, 0) is 29.2 Å². The molecule has 1 aromatic heterocycles. The summed E-state index contributed by atoms with van der Waals surface area (Å²) < 4.78 is 10.9. The highest BCUT2D eigenvalue weighted by Gasteiger charge is 2.25. The fourth-order valence-electron chi connectivity index (χ4n) is 3.13. The van der Waals surface area contributed by atoms with Crippen molar-refractivity contribution in [1.82, 2.24) is 9.97 Å². The maximum absolute atomic E-state index is 6.23. The third kappa shape index (κ3) is 4.00. The second-order valence-corrected chi connectivity index (χ2v) is 7.78. The molecule has 0 aliphatic rings. The van der Waals surface area contributed by atoms with E-state index in [1.807, 2.05) is 12.1 Å². The molecule has 0 amide bonds. The molecule has 4 N–H and O–H groups in total. The lowest BCUT2D eigenvalue weighted by Gasteiger charge is -2.24. The van der Waals surface area contributed by atoms with Crippen LogP contribution < -0.4 is 20.9 Å². The molecule has 6 nitrogen and oxygen atoms in total. The monoisotopic (exact) mass is 358 g/mol. The van der Waals surface area contributed by atoms with Gasteiger partial charge in [-0.25, -0.2) is 4.98 Å². The van der Waals surface area contributed by atoms with Crippen molar-refractivity contribution in [3.8, 4) is 11.5 Å². The molecule has 0 unspecified atom stereocenters. The number of benzene rings is 1. The van der Waals surface area contributed by atoms with Gasteiger partial charge in [0.05, 0.1) is 19.9 Å². The van der Waals surface area contributed by atoms with Crippen LogP contribution in [0, 0.1) is 0 Å². The van der Waals surface area contributed by atoms with Crippen molar-refractivity contribution in [3.05, 3.63) is 34.5 Å². The minimum absolute atomic E-state index is 0.199. The zero-order chi connectivity index (χ0) is 19.6. The second kappa shape index (κ2) is 7.40. The Balaban J connectivity index is 2.65. The number of aromatic nitrogens is 2. The van der Waals surface area contributed by atoms with Gasteiger partial charge in [-0.1, -0.05) is 34.6 Å². The number of hydrogen-bond acceptors (Lipinski definition) is 6. The predicted octanol–water partition coefficient (Wildman–Crippen LogP) is 3.67. The lowest BCUT2D eigenvalue weighted by molar-refractivity contribution is 0.354. The summed E-state index contributed by atoms with van der Waals surface area (Å²) in [7, 11) is 3.28. The number of rotatable bonds is 5. The maximum Gasteiger partial charge on any atom is 0.222 e. The van der Waals surface area contributed by atoms with Crippen molar-refractivity contribution in [1.29, 1.82) is 0 Å². The van der Waals surface area contributed by atoms with Crippen LogP contribution in [0.2, 0.25) is 0 Å². The summed E-state index contributed by atoms with van der Waals surface area (Å²) in [4.78, 5) is 8.67. The van der Waals surface area contributed by atoms with E-state index in [0.29, 0.717) is 23.9 Å². The third-order valence-corrected chi connectivity index (χ3v) is 4.40. The number of ether oxygens (including phenoxy) is 2. The Morgan fingerprint density at radius 2 is 1.58 bits per heavy atom. The van der Waals surface area contributed by atoms with Crippen LogP contribution in [0.3, 0.4) is 0 Å². The Hall–Kier alpha value is -2.50. The number of nitrogens with two attached hydrogens (primary N) is 2. The summed E-state index contributed by atoms with van der Waals surface area (Å²) in [5.74, 6) is 2.36. The molecule has 1 aromatic carbocycles. The summed E-state index contributed by atoms with van der Waals surface area (Å²) in [5, 5.41) is 0. The van der Waals surface area contributed by atoms with E-state index in [9.17, 15) is 0 Å². The number of hydrogen-bond donors (Lipinski definition) is 2. The molecule has 0 fully saturated rings. The van der Waals surface area contributed by atoms with Gasteiger partial charge in [0.1, 0.15) is 5.82 Å². The summed E-state index contributed by atoms with van der Waals surface area (Å²) in [6.45, 7) is 10.6. The first-order chi connectivity index (χ1) is 12.1. The zero-order valence-electron chi connectivity index (χ0n) is 16.8. The minimum atomic E-state index is -0.199. The third-order valence-electron chi connectivity index (χ3n) is 4.40. The van der Waals surface area contributed by atoms with Gasteiger partial charge in [0.25, 0.3) is 0 Å². The highest BCUT2D eigenvalue weighted by atomic mass is 16.5. The molecule has 26 heavy (non-hydrogen) atoms. The molecule has 1 heterocycles. The van der Waals surface area contributed by atoms with Crippen molar-refractivity contribution in [2.45, 2.75) is 52.4 Å². The van der Waals surface area contributed by atoms with Crippen LogP contribution in [0.5, 0.6) is 11.5 Å². The van der Waals surface area contributed by atoms with Gasteiger partial charge in [0.2, 0.25) is 5.95 Å². The van der Waals surface area contributed by atoms with E-state index in [-0.39, 0.29) is 11.4 Å². The quantitative estimate of drug-likeness (QED) is 0.846. The van der Waals surface area contributed by atoms with E-state index in [1.54, 1.807) is 14.2 Å². The molecule has 0 atom stereocenters. The first-order valence-electron chi connectivity index (χ1n) is 8.75. The Labute approximate surface area is 155 Å². The van der Waals surface area contributed by atoms with Gasteiger partial charge in [0, 0.05) is 17.4 Å². The van der Waals surface area contributed by atoms with Crippen molar-refractivity contribution in [2.24, 2.45) is 0 Å². The molecule has 0 radical (unpaired) electrons. The molecular formula is C20H30N4O2. The van der Waals surface area contributed by atoms with Crippen molar-refractivity contribution >= 4 is 11.8 Å². The largest absolute Gasteiger partial charge is 0.493 e. The lowest BCUT2D eigenvalue weighted by atomic mass is 9.85. The summed E-state index contributed by atoms with van der Waals surface area (Å²) in [6, 6.07) is 4.04. The Morgan fingerprint density at radius 3 is 2.08 bits per heavy atom. The molecule has 2 aromatic rings. The van der Waals surface area contributed by atoms with E-state index in [1.165, 1.54) is 5.56 Å². The fourth-order valence-corrected chi connectivity index (χ4v) is 3.13. The van der Waals surface area contributed by atoms with Crippen LogP contribution in [-0.2, 0) is 11.8 Å². The standard InChI is InChI=1S/C20H30N4O2/c1-11(2)13-10-16(26-7)15(25-6)9-12(13)8-14-17(20(3,4)5)23-19(22)24-18(14)21/h9-11H,8H2,1-7H3,(H4,21,22,23,24). The maximum atomic E-state index is 6.23. The summed E-state index contributed by atoms with van der Waals surface area (Å²) in [5.41, 5.74) is 15.9. The van der Waals surface area contributed by atoms with Gasteiger partial charge in [0.15, 0.2) is 11.5 Å². The van der Waals surface area contributed by atoms with Gasteiger partial charge < -0.3 is 20.9 Å². The lowest BCUT2D eigenvalue weighted by Crippen LogP contribution is -2.21. The zero-order valence-corrected chi connectivity index (χ0v) is 16.8. The second-order valence-electron chi connectivity index (χ2n) is 7.78. The molecule has 2 rings (SSSR count). The average Bonchev–Trinajstić information content (AvgIpc) is 2.55. The van der Waals surface area contributed by atoms with E-state index in [4.69, 9.17) is 20.9 Å². The molecule has 142 valence electrons. The number of nitrogens with zero attached hydrogens (tertiary/aromatic N) is 2. The molecule has 0 bridgehead atoms. The van der Waals surface area contributed by atoms with E-state index in [0.717, 1.165) is 22.6 Å². The van der Waals surface area contributed by atoms with E-state index < -0.39 is 0 Å². The highest BCUT2D eigenvalue weighted by Crippen LogP contribution is 2.37. The molecule has 0 saturated carbocycles. The van der Waals surface area contributed by atoms with Gasteiger partial charge >= 0.3 is 0 Å².